The summed E-state index contributed by atoms with van der Waals surface area (Å²) in [4.78, 5) is 15.5. The van der Waals surface area contributed by atoms with E-state index in [1.165, 1.54) is 24.1 Å². The van der Waals surface area contributed by atoms with Gasteiger partial charge in [-0.3, -0.25) is 9.69 Å². The van der Waals surface area contributed by atoms with Crippen molar-refractivity contribution in [2.75, 3.05) is 6.54 Å². The lowest BCUT2D eigenvalue weighted by Gasteiger charge is -2.46. The van der Waals surface area contributed by atoms with Gasteiger partial charge < -0.3 is 5.11 Å². The quantitative estimate of drug-likeness (QED) is 0.919. The molecule has 0 radical (unpaired) electrons. The molecule has 2 heterocycles. The molecule has 4 heteroatoms. The maximum absolute atomic E-state index is 11.9. The van der Waals surface area contributed by atoms with Gasteiger partial charge in [-0.05, 0) is 48.1 Å². The summed E-state index contributed by atoms with van der Waals surface area (Å²) in [5.41, 5.74) is 1.05. The molecule has 0 amide bonds. The van der Waals surface area contributed by atoms with E-state index >= 15 is 0 Å². The van der Waals surface area contributed by atoms with E-state index in [0.29, 0.717) is 17.9 Å². The van der Waals surface area contributed by atoms with E-state index in [9.17, 15) is 9.90 Å². The molecule has 3 nitrogen and oxygen atoms in total. The number of hydrogen-bond acceptors (Lipinski definition) is 3. The second-order valence-corrected chi connectivity index (χ2v) is 7.79. The first kappa shape index (κ1) is 15.0. The van der Waals surface area contributed by atoms with E-state index < -0.39 is 12.0 Å². The number of fused-ring (bicyclic) bond motifs is 1. The Labute approximate surface area is 131 Å². The van der Waals surface area contributed by atoms with Crippen LogP contribution in [0.3, 0.4) is 0 Å². The zero-order chi connectivity index (χ0) is 15.0. The van der Waals surface area contributed by atoms with Gasteiger partial charge in [0, 0.05) is 17.5 Å². The zero-order valence-corrected chi connectivity index (χ0v) is 13.7. The maximum Gasteiger partial charge on any atom is 0.325 e. The second kappa shape index (κ2) is 6.09. The Hall–Kier alpha value is -0.870. The van der Waals surface area contributed by atoms with Crippen LogP contribution in [0.25, 0.3) is 0 Å². The van der Waals surface area contributed by atoms with E-state index in [2.05, 4.69) is 18.7 Å². The Balaban J connectivity index is 1.91. The van der Waals surface area contributed by atoms with Crippen LogP contribution in [0, 0.1) is 11.8 Å². The smallest absolute Gasteiger partial charge is 0.325 e. The Kier molecular flexibility index (Phi) is 4.36. The number of rotatable bonds is 3. The summed E-state index contributed by atoms with van der Waals surface area (Å²) in [5.74, 6) is 0.594. The van der Waals surface area contributed by atoms with Crippen LogP contribution in [0.2, 0.25) is 0 Å². The summed E-state index contributed by atoms with van der Waals surface area (Å²) in [6.45, 7) is 5.48. The summed E-state index contributed by atoms with van der Waals surface area (Å²) >= 11 is 1.71. The fourth-order valence-corrected chi connectivity index (χ4v) is 5.20. The van der Waals surface area contributed by atoms with E-state index in [-0.39, 0.29) is 0 Å². The van der Waals surface area contributed by atoms with Gasteiger partial charge in [-0.25, -0.2) is 0 Å². The number of carbonyl (C=O) groups is 1. The number of aliphatic carboxylic acids is 1. The van der Waals surface area contributed by atoms with Crippen molar-refractivity contribution in [2.45, 2.75) is 58.0 Å². The molecule has 1 saturated carbocycles. The highest BCUT2D eigenvalue weighted by atomic mass is 32.1. The Morgan fingerprint density at radius 1 is 1.38 bits per heavy atom. The fraction of sp³-hybridized carbons (Fsp3) is 0.706. The number of nitrogens with zero attached hydrogens (tertiary/aromatic N) is 1. The predicted molar refractivity (Wildman–Crippen MR) is 85.7 cm³/mol. The molecule has 0 bridgehead atoms. The first-order chi connectivity index (χ1) is 10.1. The number of hydrogen-bond donors (Lipinski definition) is 1. The minimum absolute atomic E-state index is 0.427. The molecule has 116 valence electrons. The second-order valence-electron chi connectivity index (χ2n) is 6.79. The molecule has 1 aliphatic heterocycles. The maximum atomic E-state index is 11.9. The molecule has 3 unspecified atom stereocenters. The molecule has 3 rings (SSSR count). The lowest BCUT2D eigenvalue weighted by atomic mass is 9.76. The van der Waals surface area contributed by atoms with Gasteiger partial charge in [0.2, 0.25) is 0 Å². The van der Waals surface area contributed by atoms with Crippen LogP contribution in [0.15, 0.2) is 11.4 Å². The Bertz CT molecular complexity index is 511. The summed E-state index contributed by atoms with van der Waals surface area (Å²) in [6, 6.07) is 2.04. The highest BCUT2D eigenvalue weighted by molar-refractivity contribution is 7.10. The highest BCUT2D eigenvalue weighted by Crippen LogP contribution is 2.41. The molecule has 1 fully saturated rings. The summed E-state index contributed by atoms with van der Waals surface area (Å²) in [7, 11) is 0. The topological polar surface area (TPSA) is 40.5 Å². The van der Waals surface area contributed by atoms with Crippen LogP contribution in [-0.4, -0.2) is 28.6 Å². The summed E-state index contributed by atoms with van der Waals surface area (Å²) < 4.78 is 0. The van der Waals surface area contributed by atoms with Crippen LogP contribution in [0.4, 0.5) is 0 Å². The van der Waals surface area contributed by atoms with Gasteiger partial charge >= 0.3 is 5.97 Å². The Morgan fingerprint density at radius 3 is 2.86 bits per heavy atom. The van der Waals surface area contributed by atoms with Crippen molar-refractivity contribution in [1.82, 2.24) is 4.90 Å². The van der Waals surface area contributed by atoms with Gasteiger partial charge in [-0.1, -0.05) is 26.7 Å². The van der Waals surface area contributed by atoms with Crippen LogP contribution < -0.4 is 0 Å². The molecule has 21 heavy (non-hydrogen) atoms. The third-order valence-corrected chi connectivity index (χ3v) is 6.30. The highest BCUT2D eigenvalue weighted by Gasteiger charge is 2.41. The molecule has 1 aliphatic carbocycles. The lowest BCUT2D eigenvalue weighted by Crippen LogP contribution is -2.50. The van der Waals surface area contributed by atoms with Crippen molar-refractivity contribution < 1.29 is 9.90 Å². The van der Waals surface area contributed by atoms with E-state index in [1.807, 2.05) is 11.4 Å². The molecular formula is C17H25NO2S. The average Bonchev–Trinajstić information content (AvgIpc) is 2.94. The van der Waals surface area contributed by atoms with Crippen LogP contribution in [0.1, 0.15) is 56.0 Å². The molecule has 1 aromatic rings. The lowest BCUT2D eigenvalue weighted by molar-refractivity contribution is -0.146. The zero-order valence-electron chi connectivity index (χ0n) is 12.9. The molecule has 1 N–H and O–H groups in total. The van der Waals surface area contributed by atoms with Crippen molar-refractivity contribution in [2.24, 2.45) is 11.8 Å². The number of carboxylic acids is 1. The van der Waals surface area contributed by atoms with Gasteiger partial charge in [0.15, 0.2) is 0 Å². The SMILES string of the molecule is CC(C)C1CCCCC1N1CCc2sccc2C1C(=O)O. The summed E-state index contributed by atoms with van der Waals surface area (Å²) in [6.07, 6.45) is 5.97. The Morgan fingerprint density at radius 2 is 2.14 bits per heavy atom. The van der Waals surface area contributed by atoms with Gasteiger partial charge in [0.1, 0.15) is 6.04 Å². The molecule has 2 aliphatic rings. The first-order valence-electron chi connectivity index (χ1n) is 8.14. The van der Waals surface area contributed by atoms with Crippen LogP contribution in [-0.2, 0) is 11.2 Å². The number of thiophene rings is 1. The van der Waals surface area contributed by atoms with E-state index in [4.69, 9.17) is 0 Å². The average molecular weight is 307 g/mol. The minimum atomic E-state index is -0.678. The normalized spacial score (nSPS) is 30.3. The van der Waals surface area contributed by atoms with Crippen molar-refractivity contribution >= 4 is 17.3 Å². The molecule has 0 aromatic carbocycles. The molecular weight excluding hydrogens is 282 g/mol. The fourth-order valence-electron chi connectivity index (χ4n) is 4.30. The van der Waals surface area contributed by atoms with E-state index in [0.717, 1.165) is 24.9 Å². The first-order valence-corrected chi connectivity index (χ1v) is 9.02. The van der Waals surface area contributed by atoms with Gasteiger partial charge in [0.05, 0.1) is 0 Å². The van der Waals surface area contributed by atoms with Gasteiger partial charge in [0.25, 0.3) is 0 Å². The number of carboxylic acid groups (broad SMARTS) is 1. The van der Waals surface area contributed by atoms with Gasteiger partial charge in [-0.2, -0.15) is 0 Å². The predicted octanol–water partition coefficient (Wildman–Crippen LogP) is 3.95. The molecule has 0 saturated heterocycles. The van der Waals surface area contributed by atoms with Crippen molar-refractivity contribution in [1.29, 1.82) is 0 Å². The van der Waals surface area contributed by atoms with Crippen molar-refractivity contribution in [3.8, 4) is 0 Å². The molecule has 3 atom stereocenters. The van der Waals surface area contributed by atoms with Crippen molar-refractivity contribution in [3.05, 3.63) is 21.9 Å². The largest absolute Gasteiger partial charge is 0.480 e. The molecule has 0 spiro atoms. The minimum Gasteiger partial charge on any atom is -0.480 e. The van der Waals surface area contributed by atoms with Crippen LogP contribution in [0.5, 0.6) is 0 Å². The summed E-state index contributed by atoms with van der Waals surface area (Å²) in [5, 5.41) is 11.8. The van der Waals surface area contributed by atoms with E-state index in [1.54, 1.807) is 11.3 Å². The van der Waals surface area contributed by atoms with Gasteiger partial charge in [-0.15, -0.1) is 11.3 Å². The van der Waals surface area contributed by atoms with Crippen LogP contribution >= 0.6 is 11.3 Å². The standard InChI is InChI=1S/C17H25NO2S/c1-11(2)12-5-3-4-6-14(12)18-9-7-15-13(8-10-21-15)16(18)17(19)20/h8,10-12,14,16H,3-7,9H2,1-2H3,(H,19,20). The molecule has 1 aromatic heterocycles. The third kappa shape index (κ3) is 2.76. The third-order valence-electron chi connectivity index (χ3n) is 5.30. The van der Waals surface area contributed by atoms with Crippen molar-refractivity contribution in [3.63, 3.8) is 0 Å². The monoisotopic (exact) mass is 307 g/mol.